The molecule has 2 rings (SSSR count). The third-order valence-electron chi connectivity index (χ3n) is 4.07. The number of halogens is 1. The summed E-state index contributed by atoms with van der Waals surface area (Å²) in [6, 6.07) is 4.90. The molecule has 1 aromatic carbocycles. The second kappa shape index (κ2) is 10.8. The number of benzene rings is 1. The van der Waals surface area contributed by atoms with Crippen LogP contribution in [0.5, 0.6) is 0 Å². The van der Waals surface area contributed by atoms with E-state index in [-0.39, 0.29) is 18.3 Å². The first-order chi connectivity index (χ1) is 12.6. The molecule has 0 heterocycles. The quantitative estimate of drug-likeness (QED) is 0.613. The molecule has 0 unspecified atom stereocenters. The fourth-order valence-corrected chi connectivity index (χ4v) is 2.33. The molecule has 1 N–H and O–H groups in total. The van der Waals surface area contributed by atoms with Crippen molar-refractivity contribution < 1.29 is 18.7 Å². The molecule has 1 fully saturated rings. The van der Waals surface area contributed by atoms with Crippen molar-refractivity contribution in [3.8, 4) is 0 Å². The van der Waals surface area contributed by atoms with E-state index in [1.807, 2.05) is 13.0 Å². The number of ether oxygens (including phenoxy) is 2. The largest absolute Gasteiger partial charge is 0.380 e. The molecule has 1 saturated carbocycles. The zero-order chi connectivity index (χ0) is 18.8. The normalized spacial score (nSPS) is 14.8. The van der Waals surface area contributed by atoms with Crippen molar-refractivity contribution in [3.63, 3.8) is 0 Å². The van der Waals surface area contributed by atoms with Crippen LogP contribution in [0.15, 0.2) is 34.8 Å². The van der Waals surface area contributed by atoms with E-state index in [0.29, 0.717) is 31.4 Å². The SMILES string of the molecule is CC/C(=C/C=NCOC1CC1)CC(=O)NCc1ccc(COC)c(F)c1. The molecule has 0 radical (unpaired) electrons. The lowest BCUT2D eigenvalue weighted by Gasteiger charge is -2.08. The zero-order valence-electron chi connectivity index (χ0n) is 15.5. The summed E-state index contributed by atoms with van der Waals surface area (Å²) in [5.41, 5.74) is 2.21. The van der Waals surface area contributed by atoms with Crippen LogP contribution in [-0.2, 0) is 27.4 Å². The Morgan fingerprint density at radius 1 is 1.42 bits per heavy atom. The van der Waals surface area contributed by atoms with Crippen LogP contribution >= 0.6 is 0 Å². The summed E-state index contributed by atoms with van der Waals surface area (Å²) in [6.45, 7) is 2.90. The van der Waals surface area contributed by atoms with Gasteiger partial charge in [-0.2, -0.15) is 0 Å². The predicted octanol–water partition coefficient (Wildman–Crippen LogP) is 3.52. The first-order valence-corrected chi connectivity index (χ1v) is 8.94. The average Bonchev–Trinajstić information content (AvgIpc) is 3.45. The van der Waals surface area contributed by atoms with E-state index in [2.05, 4.69) is 10.3 Å². The Morgan fingerprint density at radius 2 is 2.23 bits per heavy atom. The molecule has 142 valence electrons. The Kier molecular flexibility index (Phi) is 8.44. The van der Waals surface area contributed by atoms with Crippen LogP contribution in [0.4, 0.5) is 4.39 Å². The highest BCUT2D eigenvalue weighted by molar-refractivity contribution is 5.81. The number of amides is 1. The number of rotatable bonds is 11. The maximum atomic E-state index is 13.9. The van der Waals surface area contributed by atoms with E-state index < -0.39 is 0 Å². The third-order valence-corrected chi connectivity index (χ3v) is 4.07. The van der Waals surface area contributed by atoms with Crippen molar-refractivity contribution in [1.29, 1.82) is 0 Å². The number of hydrogen-bond acceptors (Lipinski definition) is 4. The van der Waals surface area contributed by atoms with Crippen LogP contribution in [-0.4, -0.2) is 32.1 Å². The number of carbonyl (C=O) groups excluding carboxylic acids is 1. The van der Waals surface area contributed by atoms with Crippen LogP contribution in [0, 0.1) is 5.82 Å². The molecule has 6 heteroatoms. The minimum absolute atomic E-state index is 0.0953. The van der Waals surface area contributed by atoms with Gasteiger partial charge in [0.25, 0.3) is 0 Å². The van der Waals surface area contributed by atoms with Gasteiger partial charge in [-0.15, -0.1) is 0 Å². The summed E-state index contributed by atoms with van der Waals surface area (Å²) in [6.07, 6.45) is 7.27. The molecular formula is C20H27FN2O3. The molecule has 1 aromatic rings. The summed E-state index contributed by atoms with van der Waals surface area (Å²) < 4.78 is 24.2. The minimum atomic E-state index is -0.322. The molecule has 1 amide bonds. The predicted molar refractivity (Wildman–Crippen MR) is 99.4 cm³/mol. The number of nitrogens with zero attached hydrogens (tertiary/aromatic N) is 1. The first-order valence-electron chi connectivity index (χ1n) is 8.94. The minimum Gasteiger partial charge on any atom is -0.380 e. The molecule has 5 nitrogen and oxygen atoms in total. The molecule has 0 atom stereocenters. The molecular weight excluding hydrogens is 335 g/mol. The Labute approximate surface area is 154 Å². The average molecular weight is 362 g/mol. The standard InChI is InChI=1S/C20H27FN2O3/c1-3-15(8-9-22-14-26-18-6-7-18)11-20(24)23-12-16-4-5-17(13-25-2)19(21)10-16/h4-5,8-10,18H,3,6-7,11-14H2,1-2H3,(H,23,24)/b15-8-,22-9?. The van der Waals surface area contributed by atoms with E-state index >= 15 is 0 Å². The monoisotopic (exact) mass is 362 g/mol. The van der Waals surface area contributed by atoms with Crippen molar-refractivity contribution in [1.82, 2.24) is 5.32 Å². The number of aliphatic imine (C=N–C) groups is 1. The number of nitrogens with one attached hydrogen (secondary N) is 1. The van der Waals surface area contributed by atoms with Crippen LogP contribution in [0.3, 0.4) is 0 Å². The summed E-state index contributed by atoms with van der Waals surface area (Å²) in [7, 11) is 1.53. The van der Waals surface area contributed by atoms with Crippen LogP contribution < -0.4 is 5.32 Å². The van der Waals surface area contributed by atoms with Gasteiger partial charge in [0.1, 0.15) is 12.5 Å². The van der Waals surface area contributed by atoms with Gasteiger partial charge in [-0.3, -0.25) is 9.79 Å². The van der Waals surface area contributed by atoms with Crippen molar-refractivity contribution in [2.75, 3.05) is 13.8 Å². The number of carbonyl (C=O) groups is 1. The van der Waals surface area contributed by atoms with Gasteiger partial charge in [-0.1, -0.05) is 24.6 Å². The Hall–Kier alpha value is -2.05. The Bertz CT molecular complexity index is 654. The van der Waals surface area contributed by atoms with E-state index in [9.17, 15) is 9.18 Å². The topological polar surface area (TPSA) is 59.9 Å². The maximum Gasteiger partial charge on any atom is 0.224 e. The van der Waals surface area contributed by atoms with Gasteiger partial charge in [0.15, 0.2) is 0 Å². The second-order valence-corrected chi connectivity index (χ2v) is 6.32. The van der Waals surface area contributed by atoms with Gasteiger partial charge in [0, 0.05) is 31.9 Å². The van der Waals surface area contributed by atoms with E-state index in [0.717, 1.165) is 30.4 Å². The van der Waals surface area contributed by atoms with E-state index in [1.54, 1.807) is 18.3 Å². The van der Waals surface area contributed by atoms with Gasteiger partial charge in [0.2, 0.25) is 5.91 Å². The van der Waals surface area contributed by atoms with Crippen molar-refractivity contribution in [2.45, 2.75) is 51.9 Å². The molecule has 0 saturated heterocycles. The fourth-order valence-electron chi connectivity index (χ4n) is 2.33. The van der Waals surface area contributed by atoms with Crippen molar-refractivity contribution in [2.24, 2.45) is 4.99 Å². The van der Waals surface area contributed by atoms with Crippen LogP contribution in [0.1, 0.15) is 43.7 Å². The molecule has 1 aliphatic rings. The van der Waals surface area contributed by atoms with Gasteiger partial charge in [-0.25, -0.2) is 4.39 Å². The number of hydrogen-bond donors (Lipinski definition) is 1. The highest BCUT2D eigenvalue weighted by Crippen LogP contribution is 2.22. The highest BCUT2D eigenvalue weighted by atomic mass is 19.1. The van der Waals surface area contributed by atoms with Gasteiger partial charge in [0.05, 0.1) is 12.7 Å². The lowest BCUT2D eigenvalue weighted by Crippen LogP contribution is -2.23. The van der Waals surface area contributed by atoms with E-state index in [4.69, 9.17) is 9.47 Å². The smallest absolute Gasteiger partial charge is 0.224 e. The summed E-state index contributed by atoms with van der Waals surface area (Å²) >= 11 is 0. The summed E-state index contributed by atoms with van der Waals surface area (Å²) in [5, 5.41) is 2.82. The molecule has 0 aliphatic heterocycles. The Balaban J connectivity index is 1.75. The molecule has 0 bridgehead atoms. The van der Waals surface area contributed by atoms with Crippen molar-refractivity contribution in [3.05, 3.63) is 46.8 Å². The van der Waals surface area contributed by atoms with Crippen LogP contribution in [0.2, 0.25) is 0 Å². The van der Waals surface area contributed by atoms with Gasteiger partial charge < -0.3 is 14.8 Å². The second-order valence-electron chi connectivity index (χ2n) is 6.32. The summed E-state index contributed by atoms with van der Waals surface area (Å²) in [5.74, 6) is -0.417. The number of methoxy groups -OCH3 is 1. The fraction of sp³-hybridized carbons (Fsp3) is 0.500. The Morgan fingerprint density at radius 3 is 2.88 bits per heavy atom. The molecule has 1 aliphatic carbocycles. The third kappa shape index (κ3) is 7.45. The van der Waals surface area contributed by atoms with Gasteiger partial charge >= 0.3 is 0 Å². The van der Waals surface area contributed by atoms with Crippen molar-refractivity contribution >= 4 is 12.1 Å². The molecule has 0 aromatic heterocycles. The lowest BCUT2D eigenvalue weighted by molar-refractivity contribution is -0.120. The van der Waals surface area contributed by atoms with Gasteiger partial charge in [-0.05, 0) is 37.0 Å². The molecule has 0 spiro atoms. The first kappa shape index (κ1) is 20.3. The highest BCUT2D eigenvalue weighted by Gasteiger charge is 2.21. The van der Waals surface area contributed by atoms with E-state index in [1.165, 1.54) is 13.2 Å². The zero-order valence-corrected chi connectivity index (χ0v) is 15.5. The number of allylic oxidation sites excluding steroid dienone is 1. The lowest BCUT2D eigenvalue weighted by atomic mass is 10.1. The molecule has 26 heavy (non-hydrogen) atoms. The van der Waals surface area contributed by atoms with Crippen LogP contribution in [0.25, 0.3) is 0 Å². The maximum absolute atomic E-state index is 13.9. The summed E-state index contributed by atoms with van der Waals surface area (Å²) in [4.78, 5) is 16.3.